The Hall–Kier alpha value is -1.71. The highest BCUT2D eigenvalue weighted by molar-refractivity contribution is 6.42. The highest BCUT2D eigenvalue weighted by Gasteiger charge is 2.09. The Morgan fingerprint density at radius 3 is 2.44 bits per heavy atom. The molecule has 0 aromatic heterocycles. The second-order valence-corrected chi connectivity index (χ2v) is 4.48. The van der Waals surface area contributed by atoms with E-state index in [1.165, 1.54) is 0 Å². The average Bonchev–Trinajstić information content (AvgIpc) is 2.34. The Balaban J connectivity index is 2.22. The van der Waals surface area contributed by atoms with Crippen molar-refractivity contribution in [3.8, 4) is 0 Å². The van der Waals surface area contributed by atoms with E-state index in [2.05, 4.69) is 5.32 Å². The van der Waals surface area contributed by atoms with Crippen LogP contribution >= 0.6 is 23.2 Å². The normalized spacial score (nSPS) is 10.1. The Bertz CT molecular complexity index is 599. The van der Waals surface area contributed by atoms with Crippen molar-refractivity contribution >= 4 is 40.5 Å². The molecule has 0 unspecified atom stereocenters. The van der Waals surface area contributed by atoms with Crippen molar-refractivity contribution < 1.29 is 4.79 Å². The topological polar surface area (TPSA) is 55.1 Å². The molecule has 2 aromatic rings. The number of carbonyl (C=O) groups excluding carboxylic acids is 1. The van der Waals surface area contributed by atoms with Crippen LogP contribution < -0.4 is 11.1 Å². The lowest BCUT2D eigenvalue weighted by molar-refractivity contribution is 0.102. The van der Waals surface area contributed by atoms with Crippen molar-refractivity contribution in [2.24, 2.45) is 0 Å². The molecule has 2 rings (SSSR count). The highest BCUT2D eigenvalue weighted by Crippen LogP contribution is 2.25. The molecular weight excluding hydrogens is 271 g/mol. The van der Waals surface area contributed by atoms with Crippen LogP contribution in [0, 0.1) is 0 Å². The fourth-order valence-corrected chi connectivity index (χ4v) is 1.77. The van der Waals surface area contributed by atoms with E-state index in [1.54, 1.807) is 42.5 Å². The number of nitrogens with two attached hydrogens (primary N) is 1. The zero-order valence-corrected chi connectivity index (χ0v) is 10.8. The summed E-state index contributed by atoms with van der Waals surface area (Å²) < 4.78 is 0. The first-order valence-electron chi connectivity index (χ1n) is 5.19. The van der Waals surface area contributed by atoms with Crippen LogP contribution in [-0.2, 0) is 0 Å². The van der Waals surface area contributed by atoms with Gasteiger partial charge in [-0.15, -0.1) is 0 Å². The predicted octanol–water partition coefficient (Wildman–Crippen LogP) is 3.83. The summed E-state index contributed by atoms with van der Waals surface area (Å²) in [6.45, 7) is 0. The summed E-state index contributed by atoms with van der Waals surface area (Å²) in [5.41, 5.74) is 7.13. The second kappa shape index (κ2) is 5.29. The van der Waals surface area contributed by atoms with E-state index in [0.717, 1.165) is 0 Å². The van der Waals surface area contributed by atoms with Gasteiger partial charge < -0.3 is 11.1 Å². The van der Waals surface area contributed by atoms with E-state index in [4.69, 9.17) is 28.9 Å². The quantitative estimate of drug-likeness (QED) is 0.822. The SMILES string of the molecule is Nc1ccccc1C(=O)Nc1ccc(Cl)c(Cl)c1. The lowest BCUT2D eigenvalue weighted by Crippen LogP contribution is -2.13. The number of hydrogen-bond donors (Lipinski definition) is 2. The van der Waals surface area contributed by atoms with Gasteiger partial charge in [0, 0.05) is 11.4 Å². The molecule has 3 N–H and O–H groups in total. The van der Waals surface area contributed by atoms with Gasteiger partial charge in [-0.05, 0) is 30.3 Å². The zero-order valence-electron chi connectivity index (χ0n) is 9.28. The minimum absolute atomic E-state index is 0.286. The standard InChI is InChI=1S/C13H10Cl2N2O/c14-10-6-5-8(7-11(10)15)17-13(18)9-3-1-2-4-12(9)16/h1-7H,16H2,(H,17,18). The fraction of sp³-hybridized carbons (Fsp3) is 0. The molecule has 0 aliphatic carbocycles. The molecule has 0 atom stereocenters. The fourth-order valence-electron chi connectivity index (χ4n) is 1.48. The first-order chi connectivity index (χ1) is 8.58. The summed E-state index contributed by atoms with van der Waals surface area (Å²) in [6.07, 6.45) is 0. The van der Waals surface area contributed by atoms with E-state index < -0.39 is 0 Å². The smallest absolute Gasteiger partial charge is 0.257 e. The van der Waals surface area contributed by atoms with Gasteiger partial charge in [0.2, 0.25) is 0 Å². The number of para-hydroxylation sites is 1. The number of carbonyl (C=O) groups is 1. The number of nitrogen functional groups attached to an aromatic ring is 1. The molecule has 0 saturated carbocycles. The Labute approximate surface area is 115 Å². The molecule has 5 heteroatoms. The lowest BCUT2D eigenvalue weighted by atomic mass is 10.1. The van der Waals surface area contributed by atoms with Gasteiger partial charge in [-0.2, -0.15) is 0 Å². The number of anilines is 2. The number of benzene rings is 2. The van der Waals surface area contributed by atoms with Crippen molar-refractivity contribution in [2.45, 2.75) is 0 Å². The third kappa shape index (κ3) is 2.75. The summed E-state index contributed by atoms with van der Waals surface area (Å²) in [6, 6.07) is 11.7. The maximum Gasteiger partial charge on any atom is 0.257 e. The summed E-state index contributed by atoms with van der Waals surface area (Å²) >= 11 is 11.7. The molecule has 18 heavy (non-hydrogen) atoms. The van der Waals surface area contributed by atoms with Gasteiger partial charge in [0.1, 0.15) is 0 Å². The lowest BCUT2D eigenvalue weighted by Gasteiger charge is -2.08. The molecule has 0 saturated heterocycles. The summed E-state index contributed by atoms with van der Waals surface area (Å²) in [4.78, 5) is 12.0. The van der Waals surface area contributed by atoms with Crippen molar-refractivity contribution in [3.63, 3.8) is 0 Å². The van der Waals surface area contributed by atoms with Crippen molar-refractivity contribution in [3.05, 3.63) is 58.1 Å². The summed E-state index contributed by atoms with van der Waals surface area (Å²) in [7, 11) is 0. The number of halogens is 2. The third-order valence-electron chi connectivity index (χ3n) is 2.38. The second-order valence-electron chi connectivity index (χ2n) is 3.67. The molecule has 0 radical (unpaired) electrons. The van der Waals surface area contributed by atoms with E-state index in [1.807, 2.05) is 0 Å². The molecule has 0 aliphatic heterocycles. The molecule has 0 heterocycles. The van der Waals surface area contributed by atoms with Crippen molar-refractivity contribution in [1.82, 2.24) is 0 Å². The van der Waals surface area contributed by atoms with Crippen LogP contribution in [0.1, 0.15) is 10.4 Å². The van der Waals surface area contributed by atoms with Gasteiger partial charge in [0.15, 0.2) is 0 Å². The molecule has 0 bridgehead atoms. The van der Waals surface area contributed by atoms with Crippen molar-refractivity contribution in [2.75, 3.05) is 11.1 Å². The van der Waals surface area contributed by atoms with Crippen LogP contribution in [0.4, 0.5) is 11.4 Å². The van der Waals surface area contributed by atoms with Crippen LogP contribution in [0.5, 0.6) is 0 Å². The molecule has 3 nitrogen and oxygen atoms in total. The molecule has 0 spiro atoms. The van der Waals surface area contributed by atoms with E-state index in [0.29, 0.717) is 27.0 Å². The maximum absolute atomic E-state index is 12.0. The highest BCUT2D eigenvalue weighted by atomic mass is 35.5. The van der Waals surface area contributed by atoms with Crippen LogP contribution in [-0.4, -0.2) is 5.91 Å². The molecule has 2 aromatic carbocycles. The molecule has 0 aliphatic rings. The minimum Gasteiger partial charge on any atom is -0.398 e. The van der Waals surface area contributed by atoms with Gasteiger partial charge in [0.05, 0.1) is 15.6 Å². The van der Waals surface area contributed by atoms with Crippen LogP contribution in [0.15, 0.2) is 42.5 Å². The first-order valence-corrected chi connectivity index (χ1v) is 5.94. The summed E-state index contributed by atoms with van der Waals surface area (Å²) in [5, 5.41) is 3.53. The van der Waals surface area contributed by atoms with Gasteiger partial charge in [0.25, 0.3) is 5.91 Å². The Morgan fingerprint density at radius 2 is 1.78 bits per heavy atom. The molecular formula is C13H10Cl2N2O. The van der Waals surface area contributed by atoms with Gasteiger partial charge in [-0.3, -0.25) is 4.79 Å². The maximum atomic E-state index is 12.0. The van der Waals surface area contributed by atoms with Crippen LogP contribution in [0.2, 0.25) is 10.0 Å². The number of amides is 1. The van der Waals surface area contributed by atoms with Crippen LogP contribution in [0.3, 0.4) is 0 Å². The largest absolute Gasteiger partial charge is 0.398 e. The molecule has 0 fully saturated rings. The average molecular weight is 281 g/mol. The Morgan fingerprint density at radius 1 is 1.06 bits per heavy atom. The number of hydrogen-bond acceptors (Lipinski definition) is 2. The zero-order chi connectivity index (χ0) is 13.1. The van der Waals surface area contributed by atoms with E-state index in [9.17, 15) is 4.79 Å². The van der Waals surface area contributed by atoms with Gasteiger partial charge in [-0.1, -0.05) is 35.3 Å². The monoisotopic (exact) mass is 280 g/mol. The number of rotatable bonds is 2. The molecule has 92 valence electrons. The van der Waals surface area contributed by atoms with E-state index >= 15 is 0 Å². The molecule has 1 amide bonds. The van der Waals surface area contributed by atoms with E-state index in [-0.39, 0.29) is 5.91 Å². The summed E-state index contributed by atoms with van der Waals surface area (Å²) in [5.74, 6) is -0.286. The minimum atomic E-state index is -0.286. The third-order valence-corrected chi connectivity index (χ3v) is 3.12. The van der Waals surface area contributed by atoms with Crippen molar-refractivity contribution in [1.29, 1.82) is 0 Å². The van der Waals surface area contributed by atoms with Gasteiger partial charge in [-0.25, -0.2) is 0 Å². The first kappa shape index (κ1) is 12.7. The van der Waals surface area contributed by atoms with Crippen LogP contribution in [0.25, 0.3) is 0 Å². The number of nitrogens with one attached hydrogen (secondary N) is 1. The Kier molecular flexibility index (Phi) is 3.75. The predicted molar refractivity (Wildman–Crippen MR) is 75.3 cm³/mol. The van der Waals surface area contributed by atoms with Gasteiger partial charge >= 0.3 is 0 Å².